The Morgan fingerprint density at radius 3 is 1.50 bits per heavy atom. The minimum Gasteiger partial charge on any atom is -0.459 e. The van der Waals surface area contributed by atoms with E-state index >= 15 is 0 Å². The number of hydrogen-bond acceptors (Lipinski definition) is 6. The molecule has 0 aliphatic heterocycles. The van der Waals surface area contributed by atoms with E-state index in [1.165, 1.54) is 0 Å². The number of esters is 2. The van der Waals surface area contributed by atoms with Crippen LogP contribution in [0.3, 0.4) is 0 Å². The number of aromatic nitrogens is 6. The van der Waals surface area contributed by atoms with E-state index in [0.717, 1.165) is 11.4 Å². The van der Waals surface area contributed by atoms with E-state index < -0.39 is 11.9 Å². The maximum atomic E-state index is 12.4. The van der Waals surface area contributed by atoms with Gasteiger partial charge in [0.15, 0.2) is 0 Å². The Morgan fingerprint density at radius 2 is 1.12 bits per heavy atom. The number of carbonyl (C=O) groups excluding carboxylic acids is 2. The van der Waals surface area contributed by atoms with Gasteiger partial charge in [0.1, 0.15) is 23.8 Å². The lowest BCUT2D eigenvalue weighted by Crippen LogP contribution is -2.32. The first kappa shape index (κ1) is 21.3. The minimum atomic E-state index is -0.479. The topological polar surface area (TPSA) is 96.4 Å². The number of pyridine rings is 2. The summed E-state index contributed by atoms with van der Waals surface area (Å²) in [6.07, 6.45) is 3.64. The van der Waals surface area contributed by atoms with Gasteiger partial charge in [0, 0.05) is 0 Å². The van der Waals surface area contributed by atoms with E-state index in [1.807, 2.05) is 73.1 Å². The van der Waals surface area contributed by atoms with Crippen molar-refractivity contribution in [1.29, 1.82) is 0 Å². The zero-order valence-electron chi connectivity index (χ0n) is 18.7. The summed E-state index contributed by atoms with van der Waals surface area (Å²) < 4.78 is 13.9. The number of nitrogens with zero attached hydrogens (tertiary/aromatic N) is 6. The molecular formula is C24H22N6O4+2. The minimum absolute atomic E-state index is 0.235. The van der Waals surface area contributed by atoms with Gasteiger partial charge in [0.05, 0.1) is 23.4 Å². The second-order valence-corrected chi connectivity index (χ2v) is 7.29. The third kappa shape index (κ3) is 3.54. The third-order valence-corrected chi connectivity index (χ3v) is 5.21. The van der Waals surface area contributed by atoms with Crippen molar-refractivity contribution < 1.29 is 28.1 Å². The van der Waals surface area contributed by atoms with E-state index in [4.69, 9.17) is 9.47 Å². The molecule has 0 saturated carbocycles. The molecule has 0 bridgehead atoms. The number of rotatable bonds is 6. The van der Waals surface area contributed by atoms with Crippen LogP contribution >= 0.6 is 0 Å². The molecule has 5 aromatic rings. The molecule has 0 saturated heterocycles. The molecule has 0 amide bonds. The molecule has 4 aromatic heterocycles. The van der Waals surface area contributed by atoms with E-state index in [2.05, 4.69) is 10.2 Å². The number of benzene rings is 1. The molecule has 5 rings (SSSR count). The quantitative estimate of drug-likeness (QED) is 0.285. The fraction of sp³-hybridized carbons (Fsp3) is 0.167. The van der Waals surface area contributed by atoms with Gasteiger partial charge in [-0.3, -0.25) is 0 Å². The smallest absolute Gasteiger partial charge is 0.390 e. The fourth-order valence-electron chi connectivity index (χ4n) is 3.74. The highest BCUT2D eigenvalue weighted by atomic mass is 16.5. The summed E-state index contributed by atoms with van der Waals surface area (Å²) in [5.41, 5.74) is 3.20. The molecule has 0 fully saturated rings. The molecule has 0 N–H and O–H groups in total. The lowest BCUT2D eigenvalue weighted by molar-refractivity contribution is -0.604. The molecule has 0 spiro atoms. The van der Waals surface area contributed by atoms with Crippen molar-refractivity contribution in [3.63, 3.8) is 0 Å². The summed E-state index contributed by atoms with van der Waals surface area (Å²) in [5, 5.41) is 8.99. The second kappa shape index (κ2) is 8.74. The normalized spacial score (nSPS) is 11.1. The molecule has 4 heterocycles. The lowest BCUT2D eigenvalue weighted by Gasteiger charge is -1.99. The number of hydrogen-bond donors (Lipinski definition) is 0. The first-order valence-corrected chi connectivity index (χ1v) is 10.9. The predicted octanol–water partition coefficient (Wildman–Crippen LogP) is 1.89. The standard InChI is InChI=1S/C24H22N6O4/c1-3-33-23(31)21-19-9-5-7-15-27(19)29(25-21)17-11-13-18(14-12-17)30-26-22(24(32)34-4-2)20-10-6-8-16-28(20)30/h5-16H,3-4H2,1-2H3/q+2. The van der Waals surface area contributed by atoms with Gasteiger partial charge >= 0.3 is 23.3 Å². The van der Waals surface area contributed by atoms with Gasteiger partial charge in [-0.2, -0.15) is 0 Å². The Morgan fingerprint density at radius 1 is 0.706 bits per heavy atom. The Hall–Kier alpha value is -4.60. The van der Waals surface area contributed by atoms with Crippen molar-refractivity contribution in [2.24, 2.45) is 0 Å². The van der Waals surface area contributed by atoms with Gasteiger partial charge < -0.3 is 9.47 Å². The van der Waals surface area contributed by atoms with Crippen LogP contribution in [-0.4, -0.2) is 44.9 Å². The van der Waals surface area contributed by atoms with Crippen LogP contribution in [0.2, 0.25) is 0 Å². The molecule has 34 heavy (non-hydrogen) atoms. The Labute approximate surface area is 194 Å². The van der Waals surface area contributed by atoms with Crippen LogP contribution in [-0.2, 0) is 9.47 Å². The van der Waals surface area contributed by atoms with Crippen LogP contribution in [0, 0.1) is 0 Å². The van der Waals surface area contributed by atoms with Crippen LogP contribution in [0.4, 0.5) is 0 Å². The number of carbonyl (C=O) groups is 2. The average Bonchev–Trinajstić information content (AvgIpc) is 3.44. The summed E-state index contributed by atoms with van der Waals surface area (Å²) in [5.74, 6) is -0.958. The Kier molecular flexibility index (Phi) is 5.46. The van der Waals surface area contributed by atoms with Crippen molar-refractivity contribution in [3.8, 4) is 11.4 Å². The van der Waals surface area contributed by atoms with E-state index in [9.17, 15) is 9.59 Å². The van der Waals surface area contributed by atoms with Crippen LogP contribution in [0.1, 0.15) is 34.8 Å². The van der Waals surface area contributed by atoms with Crippen molar-refractivity contribution in [3.05, 3.63) is 84.4 Å². The summed E-state index contributed by atoms with van der Waals surface area (Å²) in [4.78, 5) is 28.1. The molecule has 0 radical (unpaired) electrons. The predicted molar refractivity (Wildman–Crippen MR) is 119 cm³/mol. The fourth-order valence-corrected chi connectivity index (χ4v) is 3.74. The Bertz CT molecular complexity index is 1410. The molecule has 1 aromatic carbocycles. The van der Waals surface area contributed by atoms with Crippen LogP contribution < -0.4 is 9.03 Å². The second-order valence-electron chi connectivity index (χ2n) is 7.29. The highest BCUT2D eigenvalue weighted by Crippen LogP contribution is 2.15. The van der Waals surface area contributed by atoms with Gasteiger partial charge in [0.25, 0.3) is 0 Å². The number of ether oxygens (including phenoxy) is 2. The monoisotopic (exact) mass is 458 g/mol. The van der Waals surface area contributed by atoms with Crippen molar-refractivity contribution in [2.75, 3.05) is 13.2 Å². The van der Waals surface area contributed by atoms with Crippen LogP contribution in [0.25, 0.3) is 22.4 Å². The number of fused-ring (bicyclic) bond motifs is 2. The van der Waals surface area contributed by atoms with E-state index in [1.54, 1.807) is 32.5 Å². The molecule has 0 aliphatic carbocycles. The zero-order valence-corrected chi connectivity index (χ0v) is 18.7. The molecular weight excluding hydrogens is 436 g/mol. The molecule has 10 nitrogen and oxygen atoms in total. The highest BCUT2D eigenvalue weighted by Gasteiger charge is 2.30. The van der Waals surface area contributed by atoms with E-state index in [-0.39, 0.29) is 24.6 Å². The van der Waals surface area contributed by atoms with Gasteiger partial charge in [-0.25, -0.2) is 9.59 Å². The van der Waals surface area contributed by atoms with Gasteiger partial charge in [-0.05, 0) is 72.0 Å². The summed E-state index contributed by atoms with van der Waals surface area (Å²) in [6, 6.07) is 18.5. The average molecular weight is 458 g/mol. The third-order valence-electron chi connectivity index (χ3n) is 5.21. The zero-order chi connectivity index (χ0) is 23.7. The molecule has 0 unspecified atom stereocenters. The lowest BCUT2D eigenvalue weighted by atomic mass is 10.3. The summed E-state index contributed by atoms with van der Waals surface area (Å²) >= 11 is 0. The molecule has 170 valence electrons. The van der Waals surface area contributed by atoms with E-state index in [0.29, 0.717) is 11.0 Å². The highest BCUT2D eigenvalue weighted by molar-refractivity contribution is 5.94. The van der Waals surface area contributed by atoms with Crippen molar-refractivity contribution in [1.82, 2.24) is 19.8 Å². The summed E-state index contributed by atoms with van der Waals surface area (Å²) in [6.45, 7) is 4.05. The van der Waals surface area contributed by atoms with Gasteiger partial charge in [-0.15, -0.1) is 9.03 Å². The first-order valence-electron chi connectivity index (χ1n) is 10.9. The maximum absolute atomic E-state index is 12.4. The van der Waals surface area contributed by atoms with Gasteiger partial charge in [-0.1, -0.05) is 12.1 Å². The first-order chi connectivity index (χ1) is 16.6. The molecule has 0 atom stereocenters. The van der Waals surface area contributed by atoms with Crippen molar-refractivity contribution >= 4 is 23.0 Å². The van der Waals surface area contributed by atoms with Crippen LogP contribution in [0.15, 0.2) is 73.1 Å². The molecule has 0 aliphatic rings. The SMILES string of the molecule is CCOC(=O)c1nn(-c2ccc(-n3nc(C(=O)OCC)c4cccc[n+]43)cc2)[n+]2ccccc12. The van der Waals surface area contributed by atoms with Crippen LogP contribution in [0.5, 0.6) is 0 Å². The summed E-state index contributed by atoms with van der Waals surface area (Å²) in [7, 11) is 0. The van der Waals surface area contributed by atoms with Crippen molar-refractivity contribution in [2.45, 2.75) is 13.8 Å². The Balaban J connectivity index is 1.57. The molecule has 10 heteroatoms. The van der Waals surface area contributed by atoms with Gasteiger partial charge in [0.2, 0.25) is 11.0 Å². The largest absolute Gasteiger partial charge is 0.459 e. The maximum Gasteiger partial charge on any atom is 0.390 e.